The Balaban J connectivity index is 0. The standard InChI is InChI=1S/C11H23NO2.ClH/c1-2-3-4-5-6-7-8-9-10(12)11(13)14;/h10H,2-9,12H2,1H3,(H,13,14);1H/t10-;/m0./s1. The van der Waals surface area contributed by atoms with Crippen LogP contribution in [0.1, 0.15) is 58.3 Å². The number of aliphatic carboxylic acids is 1. The van der Waals surface area contributed by atoms with Gasteiger partial charge in [0.2, 0.25) is 0 Å². The van der Waals surface area contributed by atoms with Gasteiger partial charge in [-0.25, -0.2) is 0 Å². The Morgan fingerprint density at radius 1 is 1.13 bits per heavy atom. The van der Waals surface area contributed by atoms with Gasteiger partial charge in [0.1, 0.15) is 6.04 Å². The second-order valence-electron chi connectivity index (χ2n) is 3.85. The first-order valence-corrected chi connectivity index (χ1v) is 5.67. The molecule has 3 N–H and O–H groups in total. The summed E-state index contributed by atoms with van der Waals surface area (Å²) in [6.45, 7) is 2.20. The number of halogens is 1. The molecule has 1 atom stereocenters. The molecule has 0 bridgehead atoms. The molecule has 0 aliphatic heterocycles. The van der Waals surface area contributed by atoms with Gasteiger partial charge in [0.15, 0.2) is 0 Å². The molecule has 0 aromatic rings. The van der Waals surface area contributed by atoms with E-state index in [0.717, 1.165) is 12.8 Å². The summed E-state index contributed by atoms with van der Waals surface area (Å²) in [6.07, 6.45) is 9.05. The maximum atomic E-state index is 10.4. The molecule has 0 saturated heterocycles. The van der Waals surface area contributed by atoms with E-state index in [4.69, 9.17) is 10.8 Å². The molecular weight excluding hydrogens is 214 g/mol. The average molecular weight is 238 g/mol. The lowest BCUT2D eigenvalue weighted by atomic mass is 10.1. The van der Waals surface area contributed by atoms with Crippen molar-refractivity contribution in [2.75, 3.05) is 0 Å². The molecule has 0 aromatic heterocycles. The number of carboxylic acid groups (broad SMARTS) is 1. The van der Waals surface area contributed by atoms with Crippen molar-refractivity contribution in [2.45, 2.75) is 64.3 Å². The molecule has 0 rings (SSSR count). The molecule has 0 heterocycles. The van der Waals surface area contributed by atoms with E-state index in [1.807, 2.05) is 0 Å². The van der Waals surface area contributed by atoms with Crippen molar-refractivity contribution < 1.29 is 9.90 Å². The van der Waals surface area contributed by atoms with Crippen LogP contribution >= 0.6 is 12.4 Å². The number of carbonyl (C=O) groups is 1. The summed E-state index contributed by atoms with van der Waals surface area (Å²) in [5.74, 6) is -0.879. The fourth-order valence-corrected chi connectivity index (χ4v) is 1.44. The monoisotopic (exact) mass is 237 g/mol. The van der Waals surface area contributed by atoms with Crippen LogP contribution in [0.3, 0.4) is 0 Å². The van der Waals surface area contributed by atoms with Gasteiger partial charge in [-0.1, -0.05) is 51.9 Å². The summed E-state index contributed by atoms with van der Waals surface area (Å²) in [5.41, 5.74) is 5.38. The lowest BCUT2D eigenvalue weighted by Gasteiger charge is -2.05. The second kappa shape index (κ2) is 11.8. The summed E-state index contributed by atoms with van der Waals surface area (Å²) < 4.78 is 0. The van der Waals surface area contributed by atoms with Crippen LogP contribution in [0.2, 0.25) is 0 Å². The third-order valence-electron chi connectivity index (χ3n) is 2.44. The Labute approximate surface area is 98.8 Å². The summed E-state index contributed by atoms with van der Waals surface area (Å²) in [5, 5.41) is 8.53. The third kappa shape index (κ3) is 11.6. The van der Waals surface area contributed by atoms with Gasteiger partial charge in [0, 0.05) is 0 Å². The molecule has 0 fully saturated rings. The number of nitrogens with two attached hydrogens (primary N) is 1. The molecule has 0 saturated carbocycles. The highest BCUT2D eigenvalue weighted by atomic mass is 35.5. The average Bonchev–Trinajstić information content (AvgIpc) is 2.16. The van der Waals surface area contributed by atoms with E-state index in [1.54, 1.807) is 0 Å². The van der Waals surface area contributed by atoms with Crippen molar-refractivity contribution in [3.8, 4) is 0 Å². The number of unbranched alkanes of at least 4 members (excludes halogenated alkanes) is 6. The van der Waals surface area contributed by atoms with E-state index in [9.17, 15) is 4.79 Å². The highest BCUT2D eigenvalue weighted by Crippen LogP contribution is 2.09. The molecule has 3 nitrogen and oxygen atoms in total. The van der Waals surface area contributed by atoms with Gasteiger partial charge in [-0.15, -0.1) is 12.4 Å². The molecule has 0 aliphatic rings. The minimum Gasteiger partial charge on any atom is -0.480 e. The van der Waals surface area contributed by atoms with Crippen molar-refractivity contribution in [1.82, 2.24) is 0 Å². The Kier molecular flexibility index (Phi) is 13.5. The maximum Gasteiger partial charge on any atom is 0.320 e. The molecule has 0 aliphatic carbocycles. The highest BCUT2D eigenvalue weighted by Gasteiger charge is 2.09. The predicted octanol–water partition coefficient (Wildman–Crippen LogP) is 2.96. The first kappa shape index (κ1) is 17.1. The van der Waals surface area contributed by atoms with Crippen molar-refractivity contribution in [3.05, 3.63) is 0 Å². The first-order chi connectivity index (χ1) is 6.68. The maximum absolute atomic E-state index is 10.4. The zero-order valence-electron chi connectivity index (χ0n) is 9.58. The lowest BCUT2D eigenvalue weighted by molar-refractivity contribution is -0.138. The zero-order chi connectivity index (χ0) is 10.8. The van der Waals surface area contributed by atoms with Gasteiger partial charge in [0.25, 0.3) is 0 Å². The minimum absolute atomic E-state index is 0. The van der Waals surface area contributed by atoms with Crippen LogP contribution in [0.15, 0.2) is 0 Å². The molecule has 0 spiro atoms. The number of carboxylic acids is 1. The van der Waals surface area contributed by atoms with Crippen LogP contribution in [-0.2, 0) is 4.79 Å². The van der Waals surface area contributed by atoms with Gasteiger partial charge >= 0.3 is 5.97 Å². The molecule has 4 heteroatoms. The zero-order valence-corrected chi connectivity index (χ0v) is 10.4. The van der Waals surface area contributed by atoms with Crippen LogP contribution in [0, 0.1) is 0 Å². The van der Waals surface area contributed by atoms with Crippen molar-refractivity contribution in [3.63, 3.8) is 0 Å². The van der Waals surface area contributed by atoms with Gasteiger partial charge in [-0.3, -0.25) is 4.79 Å². The number of hydrogen-bond acceptors (Lipinski definition) is 2. The Hall–Kier alpha value is -0.280. The summed E-state index contributed by atoms with van der Waals surface area (Å²) in [6, 6.07) is -0.661. The number of rotatable bonds is 9. The van der Waals surface area contributed by atoms with Gasteiger partial charge < -0.3 is 10.8 Å². The van der Waals surface area contributed by atoms with Crippen LogP contribution in [0.4, 0.5) is 0 Å². The van der Waals surface area contributed by atoms with Crippen LogP contribution in [0.5, 0.6) is 0 Å². The van der Waals surface area contributed by atoms with E-state index in [-0.39, 0.29) is 12.4 Å². The fraction of sp³-hybridized carbons (Fsp3) is 0.909. The molecule has 92 valence electrons. The Bertz CT molecular complexity index is 154. The third-order valence-corrected chi connectivity index (χ3v) is 2.44. The summed E-state index contributed by atoms with van der Waals surface area (Å²) >= 11 is 0. The largest absolute Gasteiger partial charge is 0.480 e. The van der Waals surface area contributed by atoms with Crippen molar-refractivity contribution in [2.24, 2.45) is 5.73 Å². The lowest BCUT2D eigenvalue weighted by Crippen LogP contribution is -2.29. The smallest absolute Gasteiger partial charge is 0.320 e. The van der Waals surface area contributed by atoms with Crippen LogP contribution in [-0.4, -0.2) is 17.1 Å². The normalized spacial score (nSPS) is 11.9. The summed E-state index contributed by atoms with van der Waals surface area (Å²) in [4.78, 5) is 10.4. The van der Waals surface area contributed by atoms with Crippen molar-refractivity contribution >= 4 is 18.4 Å². The second-order valence-corrected chi connectivity index (χ2v) is 3.85. The molecule has 0 amide bonds. The SMILES string of the molecule is CCCCCCCCC[C@H](N)C(=O)O.Cl. The Morgan fingerprint density at radius 2 is 1.60 bits per heavy atom. The molecule has 0 aromatic carbocycles. The van der Waals surface area contributed by atoms with Gasteiger partial charge in [0.05, 0.1) is 0 Å². The van der Waals surface area contributed by atoms with Crippen LogP contribution < -0.4 is 5.73 Å². The van der Waals surface area contributed by atoms with Gasteiger partial charge in [-0.05, 0) is 6.42 Å². The predicted molar refractivity (Wildman–Crippen MR) is 65.5 cm³/mol. The molecule has 0 unspecified atom stereocenters. The molecule has 15 heavy (non-hydrogen) atoms. The van der Waals surface area contributed by atoms with Crippen molar-refractivity contribution in [1.29, 1.82) is 0 Å². The topological polar surface area (TPSA) is 63.3 Å². The van der Waals surface area contributed by atoms with Gasteiger partial charge in [-0.2, -0.15) is 0 Å². The molecular formula is C11H24ClNO2. The Morgan fingerprint density at radius 3 is 2.07 bits per heavy atom. The van der Waals surface area contributed by atoms with E-state index in [1.165, 1.54) is 32.1 Å². The minimum atomic E-state index is -0.879. The van der Waals surface area contributed by atoms with E-state index in [0.29, 0.717) is 6.42 Å². The highest BCUT2D eigenvalue weighted by molar-refractivity contribution is 5.85. The van der Waals surface area contributed by atoms with E-state index < -0.39 is 12.0 Å². The molecule has 0 radical (unpaired) electrons. The fourth-order valence-electron chi connectivity index (χ4n) is 1.44. The number of hydrogen-bond donors (Lipinski definition) is 2. The first-order valence-electron chi connectivity index (χ1n) is 5.67. The summed E-state index contributed by atoms with van der Waals surface area (Å²) in [7, 11) is 0. The van der Waals surface area contributed by atoms with E-state index >= 15 is 0 Å². The quantitative estimate of drug-likeness (QED) is 0.606. The van der Waals surface area contributed by atoms with E-state index in [2.05, 4.69) is 6.92 Å². The van der Waals surface area contributed by atoms with Crippen LogP contribution in [0.25, 0.3) is 0 Å².